The summed E-state index contributed by atoms with van der Waals surface area (Å²) in [5.41, 5.74) is 1.98. The molecule has 140 valence electrons. The maximum atomic E-state index is 12.7. The predicted molar refractivity (Wildman–Crippen MR) is 109 cm³/mol. The Morgan fingerprint density at radius 1 is 1.11 bits per heavy atom. The van der Waals surface area contributed by atoms with Gasteiger partial charge in [0.1, 0.15) is 5.82 Å². The molecule has 6 nitrogen and oxygen atoms in total. The molecule has 0 aliphatic carbocycles. The molecule has 0 radical (unpaired) electrons. The van der Waals surface area contributed by atoms with Crippen molar-refractivity contribution in [2.24, 2.45) is 0 Å². The first kappa shape index (κ1) is 18.1. The Bertz CT molecular complexity index is 1060. The highest BCUT2D eigenvalue weighted by atomic mass is 32.1. The number of aromatic nitrogens is 4. The van der Waals surface area contributed by atoms with Crippen molar-refractivity contribution in [1.29, 1.82) is 0 Å². The van der Waals surface area contributed by atoms with Gasteiger partial charge in [0, 0.05) is 22.8 Å². The van der Waals surface area contributed by atoms with E-state index in [9.17, 15) is 4.79 Å². The summed E-state index contributed by atoms with van der Waals surface area (Å²) in [6.45, 7) is 1.99. The van der Waals surface area contributed by atoms with Gasteiger partial charge in [-0.05, 0) is 43.2 Å². The average Bonchev–Trinajstić information content (AvgIpc) is 3.38. The van der Waals surface area contributed by atoms with Crippen LogP contribution < -0.4 is 5.32 Å². The van der Waals surface area contributed by atoms with Crippen LogP contribution in [-0.4, -0.2) is 26.1 Å². The Hall–Kier alpha value is -3.32. The van der Waals surface area contributed by atoms with E-state index < -0.39 is 0 Å². The number of rotatable bonds is 6. The number of aromatic amines is 1. The summed E-state index contributed by atoms with van der Waals surface area (Å²) < 4.78 is 0. The quantitative estimate of drug-likeness (QED) is 0.523. The molecule has 0 saturated heterocycles. The smallest absolute Gasteiger partial charge is 0.261 e. The van der Waals surface area contributed by atoms with E-state index in [-0.39, 0.29) is 11.9 Å². The third-order valence-electron chi connectivity index (χ3n) is 4.32. The van der Waals surface area contributed by atoms with Crippen LogP contribution in [0.25, 0.3) is 11.4 Å². The summed E-state index contributed by atoms with van der Waals surface area (Å²) in [5, 5.41) is 10.4. The Kier molecular flexibility index (Phi) is 5.25. The van der Waals surface area contributed by atoms with Crippen LogP contribution in [0.5, 0.6) is 0 Å². The zero-order chi connectivity index (χ0) is 19.3. The molecule has 3 aromatic heterocycles. The van der Waals surface area contributed by atoms with Crippen LogP contribution in [0.4, 0.5) is 0 Å². The van der Waals surface area contributed by atoms with E-state index in [1.165, 1.54) is 11.3 Å². The second kappa shape index (κ2) is 8.14. The number of nitrogens with zero attached hydrogens (tertiary/aromatic N) is 3. The molecule has 28 heavy (non-hydrogen) atoms. The van der Waals surface area contributed by atoms with Crippen molar-refractivity contribution in [1.82, 2.24) is 25.5 Å². The fourth-order valence-corrected chi connectivity index (χ4v) is 3.68. The van der Waals surface area contributed by atoms with Crippen molar-refractivity contribution >= 4 is 17.2 Å². The summed E-state index contributed by atoms with van der Waals surface area (Å²) in [5.74, 6) is 1.09. The molecule has 0 fully saturated rings. The number of amides is 1. The summed E-state index contributed by atoms with van der Waals surface area (Å²) in [6.07, 6.45) is 4.02. The molecule has 2 N–H and O–H groups in total. The summed E-state index contributed by atoms with van der Waals surface area (Å²) in [7, 11) is 0. The number of aryl methyl sites for hydroxylation is 1. The predicted octanol–water partition coefficient (Wildman–Crippen LogP) is 3.95. The zero-order valence-electron chi connectivity index (χ0n) is 15.3. The number of thiophene rings is 1. The highest BCUT2D eigenvalue weighted by molar-refractivity contribution is 7.13. The van der Waals surface area contributed by atoms with Crippen LogP contribution in [0.3, 0.4) is 0 Å². The van der Waals surface area contributed by atoms with Crippen molar-refractivity contribution in [2.75, 3.05) is 0 Å². The second-order valence-electron chi connectivity index (χ2n) is 6.41. The van der Waals surface area contributed by atoms with Gasteiger partial charge < -0.3 is 5.32 Å². The largest absolute Gasteiger partial charge is 0.341 e. The molecule has 1 atom stereocenters. The van der Waals surface area contributed by atoms with E-state index >= 15 is 0 Å². The molecular weight excluding hydrogens is 370 g/mol. The van der Waals surface area contributed by atoms with Crippen LogP contribution in [-0.2, 0) is 6.42 Å². The lowest BCUT2D eigenvalue weighted by Gasteiger charge is -2.16. The molecule has 1 aromatic carbocycles. The molecule has 0 aliphatic rings. The van der Waals surface area contributed by atoms with Gasteiger partial charge in [0.15, 0.2) is 5.82 Å². The number of nitrogens with one attached hydrogen (secondary N) is 2. The molecule has 0 bridgehead atoms. The first-order chi connectivity index (χ1) is 13.7. The average molecular weight is 389 g/mol. The van der Waals surface area contributed by atoms with Gasteiger partial charge in [-0.2, -0.15) is 5.10 Å². The summed E-state index contributed by atoms with van der Waals surface area (Å²) >= 11 is 1.48. The number of hydrogen-bond acceptors (Lipinski definition) is 5. The van der Waals surface area contributed by atoms with Crippen molar-refractivity contribution in [3.63, 3.8) is 0 Å². The van der Waals surface area contributed by atoms with Crippen LogP contribution in [0.15, 0.2) is 67.0 Å². The van der Waals surface area contributed by atoms with Crippen molar-refractivity contribution in [3.05, 3.63) is 88.1 Å². The van der Waals surface area contributed by atoms with E-state index in [4.69, 9.17) is 0 Å². The van der Waals surface area contributed by atoms with Gasteiger partial charge in [0.05, 0.1) is 10.9 Å². The number of carbonyl (C=O) groups excluding carboxylic acids is 1. The molecule has 0 unspecified atom stereocenters. The number of H-pyrrole nitrogens is 1. The van der Waals surface area contributed by atoms with Gasteiger partial charge in [-0.15, -0.1) is 11.3 Å². The Morgan fingerprint density at radius 2 is 1.89 bits per heavy atom. The fraction of sp³-hybridized carbons (Fsp3) is 0.143. The zero-order valence-corrected chi connectivity index (χ0v) is 16.1. The molecule has 0 aliphatic heterocycles. The maximum absolute atomic E-state index is 12.7. The topological polar surface area (TPSA) is 83.6 Å². The van der Waals surface area contributed by atoms with Gasteiger partial charge in [-0.1, -0.05) is 30.3 Å². The third kappa shape index (κ3) is 4.15. The molecule has 0 spiro atoms. The number of pyridine rings is 1. The maximum Gasteiger partial charge on any atom is 0.261 e. The molecule has 4 aromatic rings. The van der Waals surface area contributed by atoms with E-state index in [0.29, 0.717) is 22.9 Å². The molecule has 3 heterocycles. The monoisotopic (exact) mass is 389 g/mol. The Morgan fingerprint density at radius 3 is 2.61 bits per heavy atom. The van der Waals surface area contributed by atoms with Gasteiger partial charge in [0.25, 0.3) is 5.91 Å². The van der Waals surface area contributed by atoms with E-state index in [0.717, 1.165) is 16.0 Å². The van der Waals surface area contributed by atoms with Gasteiger partial charge in [0.2, 0.25) is 0 Å². The van der Waals surface area contributed by atoms with E-state index in [1.807, 2.05) is 61.5 Å². The van der Waals surface area contributed by atoms with Gasteiger partial charge >= 0.3 is 0 Å². The number of hydrogen-bond donors (Lipinski definition) is 2. The summed E-state index contributed by atoms with van der Waals surface area (Å²) in [4.78, 5) is 23.2. The van der Waals surface area contributed by atoms with Gasteiger partial charge in [-0.25, -0.2) is 4.98 Å². The SMILES string of the molecule is Cc1ccc(C(=O)N[C@H](Cc2ccccc2)c2nc(-c3ccncc3)n[nH]2)s1. The lowest BCUT2D eigenvalue weighted by molar-refractivity contribution is 0.0939. The minimum absolute atomic E-state index is 0.110. The Labute approximate surface area is 166 Å². The molecule has 0 saturated carbocycles. The fourth-order valence-electron chi connectivity index (χ4n) is 2.91. The lowest BCUT2D eigenvalue weighted by atomic mass is 10.1. The minimum Gasteiger partial charge on any atom is -0.341 e. The normalized spacial score (nSPS) is 11.9. The third-order valence-corrected chi connectivity index (χ3v) is 5.32. The van der Waals surface area contributed by atoms with Crippen molar-refractivity contribution < 1.29 is 4.79 Å². The molecular formula is C21H19N5OS. The molecule has 1 amide bonds. The first-order valence-corrected chi connectivity index (χ1v) is 9.74. The first-order valence-electron chi connectivity index (χ1n) is 8.93. The number of carbonyl (C=O) groups is 1. The molecule has 4 rings (SSSR count). The van der Waals surface area contributed by atoms with Crippen molar-refractivity contribution in [2.45, 2.75) is 19.4 Å². The second-order valence-corrected chi connectivity index (χ2v) is 7.69. The standard InChI is InChI=1S/C21H19N5OS/c1-14-7-8-18(28-14)21(27)23-17(13-15-5-3-2-4-6-15)20-24-19(25-26-20)16-9-11-22-12-10-16/h2-12,17H,13H2,1H3,(H,23,27)(H,24,25,26)/t17-/m1/s1. The van der Waals surface area contributed by atoms with Crippen LogP contribution in [0.2, 0.25) is 0 Å². The highest BCUT2D eigenvalue weighted by Crippen LogP contribution is 2.21. The minimum atomic E-state index is -0.319. The highest BCUT2D eigenvalue weighted by Gasteiger charge is 2.21. The lowest BCUT2D eigenvalue weighted by Crippen LogP contribution is -2.30. The van der Waals surface area contributed by atoms with E-state index in [1.54, 1.807) is 12.4 Å². The van der Waals surface area contributed by atoms with E-state index in [2.05, 4.69) is 25.5 Å². The van der Waals surface area contributed by atoms with Crippen LogP contribution in [0, 0.1) is 6.92 Å². The Balaban J connectivity index is 1.61. The van der Waals surface area contributed by atoms with Crippen molar-refractivity contribution in [3.8, 4) is 11.4 Å². The van der Waals surface area contributed by atoms with Crippen LogP contribution in [0.1, 0.15) is 32.0 Å². The number of benzene rings is 1. The van der Waals surface area contributed by atoms with Gasteiger partial charge in [-0.3, -0.25) is 14.9 Å². The van der Waals surface area contributed by atoms with Crippen LogP contribution >= 0.6 is 11.3 Å². The summed E-state index contributed by atoms with van der Waals surface area (Å²) in [6, 6.07) is 17.2. The molecule has 7 heteroatoms.